The summed E-state index contributed by atoms with van der Waals surface area (Å²) in [5.41, 5.74) is 2.23. The van der Waals surface area contributed by atoms with Crippen molar-refractivity contribution in [3.8, 4) is 0 Å². The normalized spacial score (nSPS) is 12.9. The molecule has 0 bridgehead atoms. The second-order valence-corrected chi connectivity index (χ2v) is 12.4. The molecule has 4 rings (SSSR count). The van der Waals surface area contributed by atoms with E-state index in [4.69, 9.17) is 0 Å². The number of amides is 2. The van der Waals surface area contributed by atoms with E-state index in [1.54, 1.807) is 0 Å². The Labute approximate surface area is 231 Å². The van der Waals surface area contributed by atoms with Gasteiger partial charge in [0.05, 0.1) is 17.2 Å². The highest BCUT2D eigenvalue weighted by atomic mass is 16.3. The number of aryl methyl sites for hydroxylation is 1. The summed E-state index contributed by atoms with van der Waals surface area (Å²) in [6, 6.07) is 23.7. The van der Waals surface area contributed by atoms with Gasteiger partial charge in [-0.1, -0.05) is 72.8 Å². The average Bonchev–Trinajstić information content (AvgIpc) is 2.84. The number of aliphatic hydroxyl groups is 1. The first kappa shape index (κ1) is 28.3. The number of benzene rings is 4. The average molecular weight is 525 g/mol. The van der Waals surface area contributed by atoms with Crippen LogP contribution in [0.15, 0.2) is 72.8 Å². The van der Waals surface area contributed by atoms with Crippen LogP contribution in [0.4, 0.5) is 0 Å². The predicted octanol–water partition coefficient (Wildman–Crippen LogP) is 6.59. The smallest absolute Gasteiger partial charge is 0.252 e. The van der Waals surface area contributed by atoms with Gasteiger partial charge >= 0.3 is 0 Å². The first-order valence-corrected chi connectivity index (χ1v) is 13.7. The quantitative estimate of drug-likeness (QED) is 0.255. The summed E-state index contributed by atoms with van der Waals surface area (Å²) in [6.45, 7) is 11.8. The molecule has 0 aromatic heterocycles. The Balaban J connectivity index is 1.61. The van der Waals surface area contributed by atoms with Crippen LogP contribution in [0.1, 0.15) is 79.8 Å². The van der Waals surface area contributed by atoms with Crippen molar-refractivity contribution < 1.29 is 14.7 Å². The minimum Gasteiger partial charge on any atom is -0.393 e. The van der Waals surface area contributed by atoms with Crippen LogP contribution in [0.2, 0.25) is 0 Å². The van der Waals surface area contributed by atoms with Gasteiger partial charge < -0.3 is 15.7 Å². The zero-order valence-corrected chi connectivity index (χ0v) is 23.9. The van der Waals surface area contributed by atoms with Gasteiger partial charge in [0.15, 0.2) is 0 Å². The van der Waals surface area contributed by atoms with Crippen molar-refractivity contribution in [1.29, 1.82) is 0 Å². The molecule has 5 nitrogen and oxygen atoms in total. The molecular formula is C34H40N2O3. The minimum absolute atomic E-state index is 0.112. The maximum absolute atomic E-state index is 13.4. The van der Waals surface area contributed by atoms with Gasteiger partial charge in [-0.15, -0.1) is 0 Å². The van der Waals surface area contributed by atoms with Crippen molar-refractivity contribution >= 4 is 33.4 Å². The highest BCUT2D eigenvalue weighted by Crippen LogP contribution is 2.27. The molecule has 0 unspecified atom stereocenters. The molecule has 1 atom stereocenters. The van der Waals surface area contributed by atoms with E-state index >= 15 is 0 Å². The number of rotatable bonds is 7. The Morgan fingerprint density at radius 2 is 1.10 bits per heavy atom. The van der Waals surface area contributed by atoms with Crippen LogP contribution >= 0.6 is 0 Å². The summed E-state index contributed by atoms with van der Waals surface area (Å²) >= 11 is 0. The standard InChI is InChI=1S/C34H40N2O3/c1-33(2,3)35-31(38)29-24(17-15-22-11-7-9-13-27(22)29)19-20-26(37)21-25-18-16-23-12-8-10-14-28(23)30(25)32(39)36-34(4,5)6/h7-18,26,37H,19-21H2,1-6H3,(H,35,38)(H,36,39)/t26-/m0/s1. The molecule has 0 spiro atoms. The maximum Gasteiger partial charge on any atom is 0.252 e. The fourth-order valence-electron chi connectivity index (χ4n) is 5.03. The highest BCUT2D eigenvalue weighted by molar-refractivity contribution is 6.09. The molecular weight excluding hydrogens is 484 g/mol. The van der Waals surface area contributed by atoms with Crippen LogP contribution in [-0.4, -0.2) is 34.1 Å². The third-order valence-electron chi connectivity index (χ3n) is 6.66. The lowest BCUT2D eigenvalue weighted by Crippen LogP contribution is -2.41. The lowest BCUT2D eigenvalue weighted by atomic mass is 9.91. The molecule has 4 aromatic rings. The Hall–Kier alpha value is -3.70. The van der Waals surface area contributed by atoms with Gasteiger partial charge in [0.1, 0.15) is 0 Å². The van der Waals surface area contributed by atoms with Gasteiger partial charge in [-0.05, 0) is 93.5 Å². The molecule has 0 saturated heterocycles. The fraction of sp³-hybridized carbons (Fsp3) is 0.353. The van der Waals surface area contributed by atoms with Crippen molar-refractivity contribution in [2.24, 2.45) is 0 Å². The Morgan fingerprint density at radius 1 is 0.667 bits per heavy atom. The topological polar surface area (TPSA) is 78.4 Å². The van der Waals surface area contributed by atoms with E-state index in [0.717, 1.165) is 32.7 Å². The fourth-order valence-corrected chi connectivity index (χ4v) is 5.03. The van der Waals surface area contributed by atoms with Crippen LogP contribution in [0.3, 0.4) is 0 Å². The van der Waals surface area contributed by atoms with E-state index in [-0.39, 0.29) is 22.9 Å². The lowest BCUT2D eigenvalue weighted by Gasteiger charge is -2.23. The van der Waals surface area contributed by atoms with E-state index in [0.29, 0.717) is 30.4 Å². The monoisotopic (exact) mass is 524 g/mol. The zero-order valence-electron chi connectivity index (χ0n) is 23.9. The molecule has 3 N–H and O–H groups in total. The first-order valence-electron chi connectivity index (χ1n) is 13.7. The molecule has 39 heavy (non-hydrogen) atoms. The molecule has 0 aliphatic carbocycles. The van der Waals surface area contributed by atoms with E-state index in [2.05, 4.69) is 10.6 Å². The molecule has 0 radical (unpaired) electrons. The molecule has 2 amide bonds. The van der Waals surface area contributed by atoms with E-state index < -0.39 is 6.10 Å². The molecule has 5 heteroatoms. The third kappa shape index (κ3) is 7.04. The summed E-state index contributed by atoms with van der Waals surface area (Å²) in [6.07, 6.45) is 0.656. The van der Waals surface area contributed by atoms with Crippen LogP contribution in [0.25, 0.3) is 21.5 Å². The van der Waals surface area contributed by atoms with Crippen LogP contribution < -0.4 is 10.6 Å². The van der Waals surface area contributed by atoms with E-state index in [1.807, 2.05) is 114 Å². The maximum atomic E-state index is 13.4. The Bertz CT molecular complexity index is 1510. The van der Waals surface area contributed by atoms with Crippen molar-refractivity contribution in [3.05, 3.63) is 95.1 Å². The molecule has 0 fully saturated rings. The highest BCUT2D eigenvalue weighted by Gasteiger charge is 2.23. The van der Waals surface area contributed by atoms with Gasteiger partial charge in [0, 0.05) is 11.1 Å². The Morgan fingerprint density at radius 3 is 1.59 bits per heavy atom. The number of carbonyl (C=O) groups is 2. The van der Waals surface area contributed by atoms with Crippen molar-refractivity contribution in [2.75, 3.05) is 0 Å². The number of nitrogens with one attached hydrogen (secondary N) is 2. The third-order valence-corrected chi connectivity index (χ3v) is 6.66. The second kappa shape index (κ2) is 11.2. The summed E-state index contributed by atoms with van der Waals surface area (Å²) in [4.78, 5) is 26.7. The summed E-state index contributed by atoms with van der Waals surface area (Å²) < 4.78 is 0. The van der Waals surface area contributed by atoms with Crippen molar-refractivity contribution in [3.63, 3.8) is 0 Å². The van der Waals surface area contributed by atoms with Gasteiger partial charge in [-0.2, -0.15) is 0 Å². The van der Waals surface area contributed by atoms with Crippen LogP contribution in [-0.2, 0) is 12.8 Å². The minimum atomic E-state index is -0.683. The molecule has 0 heterocycles. The van der Waals surface area contributed by atoms with Crippen molar-refractivity contribution in [2.45, 2.75) is 78.0 Å². The van der Waals surface area contributed by atoms with Crippen LogP contribution in [0, 0.1) is 0 Å². The SMILES string of the molecule is CC(C)(C)NC(=O)c1c(CC[C@H](O)Cc2ccc3ccccc3c2C(=O)NC(C)(C)C)ccc2ccccc12. The largest absolute Gasteiger partial charge is 0.393 e. The predicted molar refractivity (Wildman–Crippen MR) is 160 cm³/mol. The number of hydrogen-bond donors (Lipinski definition) is 3. The molecule has 0 aliphatic heterocycles. The first-order chi connectivity index (χ1) is 18.3. The van der Waals surface area contributed by atoms with E-state index in [1.165, 1.54) is 0 Å². The van der Waals surface area contributed by atoms with Crippen LogP contribution in [0.5, 0.6) is 0 Å². The summed E-state index contributed by atoms with van der Waals surface area (Å²) in [5.74, 6) is -0.253. The number of carbonyl (C=O) groups excluding carboxylic acids is 2. The molecule has 0 saturated carbocycles. The Kier molecular flexibility index (Phi) is 8.12. The van der Waals surface area contributed by atoms with Gasteiger partial charge in [0.2, 0.25) is 0 Å². The second-order valence-electron chi connectivity index (χ2n) is 12.4. The van der Waals surface area contributed by atoms with Gasteiger partial charge in [-0.25, -0.2) is 0 Å². The van der Waals surface area contributed by atoms with E-state index in [9.17, 15) is 14.7 Å². The summed E-state index contributed by atoms with van der Waals surface area (Å²) in [7, 11) is 0. The number of aliphatic hydroxyl groups excluding tert-OH is 1. The molecule has 0 aliphatic rings. The number of fused-ring (bicyclic) bond motifs is 2. The lowest BCUT2D eigenvalue weighted by molar-refractivity contribution is 0.0908. The van der Waals surface area contributed by atoms with Crippen molar-refractivity contribution in [1.82, 2.24) is 10.6 Å². The molecule has 4 aromatic carbocycles. The number of hydrogen-bond acceptors (Lipinski definition) is 3. The molecule has 204 valence electrons. The van der Waals surface area contributed by atoms with Gasteiger partial charge in [0.25, 0.3) is 11.8 Å². The van der Waals surface area contributed by atoms with Gasteiger partial charge in [-0.3, -0.25) is 9.59 Å². The summed E-state index contributed by atoms with van der Waals surface area (Å²) in [5, 5.41) is 21.1. The zero-order chi connectivity index (χ0) is 28.4.